The van der Waals surface area contributed by atoms with Crippen molar-refractivity contribution in [3.63, 3.8) is 0 Å². The molecule has 1 aromatic carbocycles. The molecule has 0 saturated carbocycles. The van der Waals surface area contributed by atoms with E-state index in [2.05, 4.69) is 15.3 Å². The zero-order valence-electron chi connectivity index (χ0n) is 11.0. The number of aliphatic hydroxyl groups excluding tert-OH is 1. The molecule has 0 aliphatic rings. The standard InChI is InChI=1S/C14H15Cl2N3O/c1-9-18-5-4-11(19-9)7-17-8-14(20)12-6-10(15)2-3-13(12)16/h2-6,14,17,20H,7-8H2,1H3. The molecule has 0 spiro atoms. The highest BCUT2D eigenvalue weighted by atomic mass is 35.5. The van der Waals surface area contributed by atoms with Gasteiger partial charge in [0.2, 0.25) is 0 Å². The third-order valence-corrected chi connectivity index (χ3v) is 3.37. The summed E-state index contributed by atoms with van der Waals surface area (Å²) < 4.78 is 0. The molecule has 1 aromatic heterocycles. The lowest BCUT2D eigenvalue weighted by Crippen LogP contribution is -2.22. The van der Waals surface area contributed by atoms with E-state index < -0.39 is 6.10 Å². The van der Waals surface area contributed by atoms with Crippen LogP contribution in [0.4, 0.5) is 0 Å². The molecule has 0 amide bonds. The molecule has 1 atom stereocenters. The Labute approximate surface area is 127 Å². The second-order valence-electron chi connectivity index (χ2n) is 4.41. The maximum atomic E-state index is 10.1. The second kappa shape index (κ2) is 6.99. The maximum Gasteiger partial charge on any atom is 0.125 e. The normalized spacial score (nSPS) is 12.4. The first kappa shape index (κ1) is 15.2. The lowest BCUT2D eigenvalue weighted by molar-refractivity contribution is 0.174. The average molecular weight is 312 g/mol. The Balaban J connectivity index is 1.92. The molecular formula is C14H15Cl2N3O. The number of hydrogen-bond donors (Lipinski definition) is 2. The Morgan fingerprint density at radius 1 is 1.30 bits per heavy atom. The first-order chi connectivity index (χ1) is 9.56. The van der Waals surface area contributed by atoms with Gasteiger partial charge in [-0.15, -0.1) is 0 Å². The minimum Gasteiger partial charge on any atom is -0.387 e. The SMILES string of the molecule is Cc1nccc(CNCC(O)c2cc(Cl)ccc2Cl)n1. The zero-order chi connectivity index (χ0) is 14.5. The lowest BCUT2D eigenvalue weighted by Gasteiger charge is -2.14. The number of aliphatic hydroxyl groups is 1. The van der Waals surface area contributed by atoms with Gasteiger partial charge in [0.05, 0.1) is 11.8 Å². The number of hydrogen-bond acceptors (Lipinski definition) is 4. The van der Waals surface area contributed by atoms with E-state index in [1.54, 1.807) is 24.4 Å². The van der Waals surface area contributed by atoms with Crippen LogP contribution in [0.1, 0.15) is 23.2 Å². The van der Waals surface area contributed by atoms with Crippen LogP contribution in [0.25, 0.3) is 0 Å². The molecule has 2 N–H and O–H groups in total. The Bertz CT molecular complexity index is 592. The molecule has 20 heavy (non-hydrogen) atoms. The highest BCUT2D eigenvalue weighted by molar-refractivity contribution is 6.33. The van der Waals surface area contributed by atoms with E-state index in [4.69, 9.17) is 23.2 Å². The Hall–Kier alpha value is -1.20. The Kier molecular flexibility index (Phi) is 5.31. The van der Waals surface area contributed by atoms with Gasteiger partial charge < -0.3 is 10.4 Å². The predicted octanol–water partition coefficient (Wildman–Crippen LogP) is 2.92. The molecule has 0 fully saturated rings. The van der Waals surface area contributed by atoms with Crippen molar-refractivity contribution in [1.82, 2.24) is 15.3 Å². The summed E-state index contributed by atoms with van der Waals surface area (Å²) in [5.74, 6) is 0.725. The quantitative estimate of drug-likeness (QED) is 0.891. The van der Waals surface area contributed by atoms with Crippen LogP contribution in [0.5, 0.6) is 0 Å². The maximum absolute atomic E-state index is 10.1. The third kappa shape index (κ3) is 4.15. The summed E-state index contributed by atoms with van der Waals surface area (Å²) in [6, 6.07) is 6.87. The van der Waals surface area contributed by atoms with E-state index in [0.29, 0.717) is 28.7 Å². The van der Waals surface area contributed by atoms with Crippen LogP contribution in [0, 0.1) is 6.92 Å². The first-order valence-electron chi connectivity index (χ1n) is 6.18. The van der Waals surface area contributed by atoms with Gasteiger partial charge in [0.1, 0.15) is 5.82 Å². The van der Waals surface area contributed by atoms with Gasteiger partial charge in [-0.1, -0.05) is 23.2 Å². The summed E-state index contributed by atoms with van der Waals surface area (Å²) >= 11 is 11.9. The van der Waals surface area contributed by atoms with Crippen LogP contribution in [-0.4, -0.2) is 21.6 Å². The van der Waals surface area contributed by atoms with Crippen molar-refractivity contribution in [2.75, 3.05) is 6.54 Å². The van der Waals surface area contributed by atoms with Gasteiger partial charge in [0.25, 0.3) is 0 Å². The molecule has 2 aromatic rings. The number of nitrogens with one attached hydrogen (secondary N) is 1. The van der Waals surface area contributed by atoms with Crippen molar-refractivity contribution in [2.24, 2.45) is 0 Å². The summed E-state index contributed by atoms with van der Waals surface area (Å²) in [5.41, 5.74) is 1.49. The molecule has 106 valence electrons. The number of aryl methyl sites for hydroxylation is 1. The topological polar surface area (TPSA) is 58.0 Å². The molecule has 0 radical (unpaired) electrons. The summed E-state index contributed by atoms with van der Waals surface area (Å²) in [6.07, 6.45) is 0.994. The molecule has 0 saturated heterocycles. The fourth-order valence-corrected chi connectivity index (χ4v) is 2.24. The van der Waals surface area contributed by atoms with Gasteiger partial charge in [-0.25, -0.2) is 9.97 Å². The van der Waals surface area contributed by atoms with Crippen molar-refractivity contribution in [2.45, 2.75) is 19.6 Å². The smallest absolute Gasteiger partial charge is 0.125 e. The van der Waals surface area contributed by atoms with Crippen LogP contribution in [0.2, 0.25) is 10.0 Å². The molecule has 0 bridgehead atoms. The molecule has 1 unspecified atom stereocenters. The zero-order valence-corrected chi connectivity index (χ0v) is 12.5. The largest absolute Gasteiger partial charge is 0.387 e. The van der Waals surface area contributed by atoms with Gasteiger partial charge in [0.15, 0.2) is 0 Å². The molecular weight excluding hydrogens is 297 g/mol. The highest BCUT2D eigenvalue weighted by Gasteiger charge is 2.12. The van der Waals surface area contributed by atoms with Crippen LogP contribution >= 0.6 is 23.2 Å². The summed E-state index contributed by atoms with van der Waals surface area (Å²) in [4.78, 5) is 8.30. The number of benzene rings is 1. The molecule has 1 heterocycles. The van der Waals surface area contributed by atoms with Crippen molar-refractivity contribution < 1.29 is 5.11 Å². The van der Waals surface area contributed by atoms with E-state index >= 15 is 0 Å². The fourth-order valence-electron chi connectivity index (χ4n) is 1.82. The third-order valence-electron chi connectivity index (χ3n) is 2.79. The Morgan fingerprint density at radius 3 is 2.85 bits per heavy atom. The van der Waals surface area contributed by atoms with E-state index in [0.717, 1.165) is 11.5 Å². The predicted molar refractivity (Wildman–Crippen MR) is 79.9 cm³/mol. The number of rotatable bonds is 5. The van der Waals surface area contributed by atoms with Crippen molar-refractivity contribution in [3.8, 4) is 0 Å². The lowest BCUT2D eigenvalue weighted by atomic mass is 10.1. The molecule has 0 aliphatic heterocycles. The fraction of sp³-hybridized carbons (Fsp3) is 0.286. The summed E-state index contributed by atoms with van der Waals surface area (Å²) in [6.45, 7) is 2.76. The Morgan fingerprint density at radius 2 is 2.10 bits per heavy atom. The van der Waals surface area contributed by atoms with Crippen molar-refractivity contribution in [3.05, 3.63) is 57.6 Å². The molecule has 4 nitrogen and oxygen atoms in total. The number of aromatic nitrogens is 2. The number of nitrogens with zero attached hydrogens (tertiary/aromatic N) is 2. The molecule has 2 rings (SSSR count). The van der Waals surface area contributed by atoms with Gasteiger partial charge in [-0.05, 0) is 31.2 Å². The highest BCUT2D eigenvalue weighted by Crippen LogP contribution is 2.25. The summed E-state index contributed by atoms with van der Waals surface area (Å²) in [5, 5.41) is 14.3. The second-order valence-corrected chi connectivity index (χ2v) is 5.25. The van der Waals surface area contributed by atoms with Crippen molar-refractivity contribution >= 4 is 23.2 Å². The molecule has 6 heteroatoms. The van der Waals surface area contributed by atoms with E-state index in [1.165, 1.54) is 0 Å². The van der Waals surface area contributed by atoms with E-state index in [1.807, 2.05) is 13.0 Å². The van der Waals surface area contributed by atoms with Crippen LogP contribution in [0.15, 0.2) is 30.5 Å². The monoisotopic (exact) mass is 311 g/mol. The van der Waals surface area contributed by atoms with E-state index in [9.17, 15) is 5.11 Å². The van der Waals surface area contributed by atoms with Crippen LogP contribution < -0.4 is 5.32 Å². The van der Waals surface area contributed by atoms with Crippen LogP contribution in [-0.2, 0) is 6.54 Å². The number of halogens is 2. The molecule has 0 aliphatic carbocycles. The van der Waals surface area contributed by atoms with Gasteiger partial charge >= 0.3 is 0 Å². The van der Waals surface area contributed by atoms with Gasteiger partial charge in [-0.3, -0.25) is 0 Å². The van der Waals surface area contributed by atoms with Gasteiger partial charge in [0, 0.05) is 34.9 Å². The van der Waals surface area contributed by atoms with Gasteiger partial charge in [-0.2, -0.15) is 0 Å². The summed E-state index contributed by atoms with van der Waals surface area (Å²) in [7, 11) is 0. The van der Waals surface area contributed by atoms with E-state index in [-0.39, 0.29) is 0 Å². The van der Waals surface area contributed by atoms with Crippen molar-refractivity contribution in [1.29, 1.82) is 0 Å². The minimum atomic E-state index is -0.718. The average Bonchev–Trinajstić information content (AvgIpc) is 2.41. The van der Waals surface area contributed by atoms with Crippen LogP contribution in [0.3, 0.4) is 0 Å². The minimum absolute atomic E-state index is 0.364. The first-order valence-corrected chi connectivity index (χ1v) is 6.94.